The number of ketones is 1. The van der Waals surface area contributed by atoms with Crippen LogP contribution in [-0.2, 0) is 0 Å². The van der Waals surface area contributed by atoms with Gasteiger partial charge in [0, 0.05) is 22.3 Å². The van der Waals surface area contributed by atoms with Crippen LogP contribution in [0.15, 0.2) is 36.4 Å². The average Bonchev–Trinajstić information content (AvgIpc) is 2.59. The number of hydrogen-bond acceptors (Lipinski definition) is 7. The second-order valence-electron chi connectivity index (χ2n) is 5.04. The van der Waals surface area contributed by atoms with Crippen molar-refractivity contribution in [3.8, 4) is 0 Å². The monoisotopic (exact) mass is 380 g/mol. The second kappa shape index (κ2) is 8.42. The van der Waals surface area contributed by atoms with E-state index in [9.17, 15) is 34.2 Å². The molecule has 0 fully saturated rings. The molecule has 0 aliphatic carbocycles. The van der Waals surface area contributed by atoms with Gasteiger partial charge in [-0.2, -0.15) is 0 Å². The van der Waals surface area contributed by atoms with E-state index in [0.717, 1.165) is 36.4 Å². The molecule has 0 unspecified atom stereocenters. The predicted molar refractivity (Wildman–Crippen MR) is 84.7 cm³/mol. The van der Waals surface area contributed by atoms with Gasteiger partial charge in [-0.05, 0) is 24.3 Å². The maximum Gasteiger partial charge on any atom is 2.00 e. The third kappa shape index (κ3) is 4.48. The number of carboxylic acids is 4. The summed E-state index contributed by atoms with van der Waals surface area (Å²) in [4.78, 5) is 56.6. The average molecular weight is 381 g/mol. The molecule has 0 spiro atoms. The number of carboxylic acid groups (broad SMARTS) is 4. The van der Waals surface area contributed by atoms with Crippen LogP contribution < -0.4 is 10.2 Å². The normalized spacial score (nSPS) is 9.78. The van der Waals surface area contributed by atoms with Crippen molar-refractivity contribution in [2.45, 2.75) is 0 Å². The summed E-state index contributed by atoms with van der Waals surface area (Å²) in [5, 5.41) is 40.0. The summed E-state index contributed by atoms with van der Waals surface area (Å²) in [7, 11) is 0. The minimum Gasteiger partial charge on any atom is -0.545 e. The van der Waals surface area contributed by atoms with E-state index in [-0.39, 0.29) is 34.2 Å². The maximum absolute atomic E-state index is 12.4. The summed E-state index contributed by atoms with van der Waals surface area (Å²) in [6.07, 6.45) is 0. The van der Waals surface area contributed by atoms with Crippen molar-refractivity contribution in [2.24, 2.45) is 0 Å². The first kappa shape index (κ1) is 21.8. The fourth-order valence-corrected chi connectivity index (χ4v) is 2.25. The van der Waals surface area contributed by atoms with E-state index in [0.29, 0.717) is 0 Å². The summed E-state index contributed by atoms with van der Waals surface area (Å²) < 4.78 is 0. The quantitative estimate of drug-likeness (QED) is 0.454. The largest absolute Gasteiger partial charge is 2.00 e. The SMILES string of the molecule is O=C(c1ccc(C(=O)O)c(C(=O)[O-])c1)c1ccc(C(=O)O)c(C(=O)[O-])c1.[Mg+2]. The molecule has 0 radical (unpaired) electrons. The molecule has 0 bridgehead atoms. The van der Waals surface area contributed by atoms with Gasteiger partial charge in [0.25, 0.3) is 0 Å². The number of aromatic carboxylic acids is 4. The van der Waals surface area contributed by atoms with Crippen molar-refractivity contribution in [3.63, 3.8) is 0 Å². The molecule has 0 aromatic heterocycles. The van der Waals surface area contributed by atoms with E-state index in [1.54, 1.807) is 0 Å². The van der Waals surface area contributed by atoms with Gasteiger partial charge >= 0.3 is 35.0 Å². The van der Waals surface area contributed by atoms with E-state index in [4.69, 9.17) is 10.2 Å². The van der Waals surface area contributed by atoms with Crippen LogP contribution in [0, 0.1) is 0 Å². The molecule has 2 aromatic carbocycles. The zero-order valence-electron chi connectivity index (χ0n) is 13.4. The summed E-state index contributed by atoms with van der Waals surface area (Å²) in [5.74, 6) is -7.53. The van der Waals surface area contributed by atoms with Gasteiger partial charge in [-0.25, -0.2) is 9.59 Å². The van der Waals surface area contributed by atoms with Gasteiger partial charge in [-0.1, -0.05) is 12.1 Å². The molecule has 132 valence electrons. The number of hydrogen-bond donors (Lipinski definition) is 2. The number of carbonyl (C=O) groups excluding carboxylic acids is 3. The zero-order valence-corrected chi connectivity index (χ0v) is 14.8. The van der Waals surface area contributed by atoms with Crippen LogP contribution in [0.5, 0.6) is 0 Å². The van der Waals surface area contributed by atoms with Crippen LogP contribution >= 0.6 is 0 Å². The Morgan fingerprint density at radius 3 is 1.22 bits per heavy atom. The Bertz CT molecular complexity index is 901. The van der Waals surface area contributed by atoms with E-state index in [1.165, 1.54) is 0 Å². The molecule has 2 aromatic rings. The molecule has 0 aliphatic rings. The Hall–Kier alpha value is -3.24. The zero-order chi connectivity index (χ0) is 19.6. The minimum absolute atomic E-state index is 0. The summed E-state index contributed by atoms with van der Waals surface area (Å²) in [6.45, 7) is 0. The predicted octanol–water partition coefficient (Wildman–Crippen LogP) is -1.34. The maximum atomic E-state index is 12.4. The molecule has 9 nitrogen and oxygen atoms in total. The molecular formula is C17H8MgO9. The standard InChI is InChI=1S/C17H10O9.Mg/c18-13(7-1-3-9(14(19)20)11(5-7)16(23)24)8-2-4-10(15(21)22)12(6-8)17(25)26;/h1-6H,(H,19,20)(H,21,22)(H,23,24)(H,25,26);/q;+2/p-2. The van der Waals surface area contributed by atoms with Gasteiger partial charge < -0.3 is 30.0 Å². The van der Waals surface area contributed by atoms with Crippen LogP contribution in [0.3, 0.4) is 0 Å². The first-order valence-corrected chi connectivity index (χ1v) is 6.85. The van der Waals surface area contributed by atoms with E-state index >= 15 is 0 Å². The summed E-state index contributed by atoms with van der Waals surface area (Å²) in [5.41, 5.74) is -3.13. The second-order valence-corrected chi connectivity index (χ2v) is 5.04. The van der Waals surface area contributed by atoms with Gasteiger partial charge in [-0.15, -0.1) is 0 Å². The van der Waals surface area contributed by atoms with Gasteiger partial charge in [0.05, 0.1) is 23.1 Å². The van der Waals surface area contributed by atoms with Crippen LogP contribution in [0.25, 0.3) is 0 Å². The first-order valence-electron chi connectivity index (χ1n) is 6.85. The number of rotatable bonds is 6. The third-order valence-corrected chi connectivity index (χ3v) is 3.46. The first-order chi connectivity index (χ1) is 12.1. The fraction of sp³-hybridized carbons (Fsp3) is 0. The number of carbonyl (C=O) groups is 5. The van der Waals surface area contributed by atoms with Crippen LogP contribution in [-0.4, -0.2) is 62.9 Å². The topological polar surface area (TPSA) is 172 Å². The van der Waals surface area contributed by atoms with E-state index < -0.39 is 51.9 Å². The van der Waals surface area contributed by atoms with Crippen LogP contribution in [0.4, 0.5) is 0 Å². The molecule has 0 aliphatic heterocycles. The molecular weight excluding hydrogens is 372 g/mol. The fourth-order valence-electron chi connectivity index (χ4n) is 2.25. The van der Waals surface area contributed by atoms with Gasteiger partial charge in [-0.3, -0.25) is 4.79 Å². The molecule has 0 heterocycles. The molecule has 0 saturated heterocycles. The van der Waals surface area contributed by atoms with Crippen molar-refractivity contribution >= 4 is 52.7 Å². The van der Waals surface area contributed by atoms with Crippen LogP contribution in [0.2, 0.25) is 0 Å². The minimum atomic E-state index is -1.81. The molecule has 2 N–H and O–H groups in total. The van der Waals surface area contributed by atoms with E-state index in [2.05, 4.69) is 0 Å². The Morgan fingerprint density at radius 2 is 0.963 bits per heavy atom. The Kier molecular flexibility index (Phi) is 6.80. The molecule has 0 amide bonds. The van der Waals surface area contributed by atoms with Gasteiger partial charge in [0.2, 0.25) is 0 Å². The summed E-state index contributed by atoms with van der Waals surface area (Å²) in [6, 6.07) is 5.44. The van der Waals surface area contributed by atoms with Crippen molar-refractivity contribution in [1.82, 2.24) is 0 Å². The summed E-state index contributed by atoms with van der Waals surface area (Å²) >= 11 is 0. The van der Waals surface area contributed by atoms with Crippen molar-refractivity contribution < 1.29 is 44.4 Å². The Labute approximate surface area is 167 Å². The van der Waals surface area contributed by atoms with Crippen molar-refractivity contribution in [2.75, 3.05) is 0 Å². The van der Waals surface area contributed by atoms with Crippen molar-refractivity contribution in [1.29, 1.82) is 0 Å². The molecule has 0 saturated carbocycles. The van der Waals surface area contributed by atoms with Crippen molar-refractivity contribution in [3.05, 3.63) is 69.8 Å². The third-order valence-electron chi connectivity index (χ3n) is 3.46. The molecule has 2 rings (SSSR count). The molecule has 27 heavy (non-hydrogen) atoms. The Morgan fingerprint density at radius 1 is 0.630 bits per heavy atom. The van der Waals surface area contributed by atoms with Crippen LogP contribution in [0.1, 0.15) is 57.4 Å². The van der Waals surface area contributed by atoms with E-state index in [1.807, 2.05) is 0 Å². The van der Waals surface area contributed by atoms with Gasteiger partial charge in [0.15, 0.2) is 5.78 Å². The van der Waals surface area contributed by atoms with Gasteiger partial charge in [0.1, 0.15) is 0 Å². The Balaban J connectivity index is 0.00000364. The number of benzene rings is 2. The molecule has 10 heteroatoms. The molecule has 0 atom stereocenters. The smallest absolute Gasteiger partial charge is 0.545 e.